The molecular formula is C14H18N2O3S. The normalized spacial score (nSPS) is 20.0. The Hall–Kier alpha value is -1.56. The van der Waals surface area contributed by atoms with E-state index in [1.807, 2.05) is 16.7 Å². The van der Waals surface area contributed by atoms with Gasteiger partial charge in [-0.2, -0.15) is 11.8 Å². The molecule has 1 fully saturated rings. The first-order chi connectivity index (χ1) is 9.46. The molecule has 0 radical (unpaired) electrons. The Morgan fingerprint density at radius 1 is 1.35 bits per heavy atom. The van der Waals surface area contributed by atoms with Gasteiger partial charge in [-0.25, -0.2) is 0 Å². The molecule has 0 aliphatic carbocycles. The first kappa shape index (κ1) is 13.4. The van der Waals surface area contributed by atoms with E-state index in [-0.39, 0.29) is 17.4 Å². The van der Waals surface area contributed by atoms with Crippen LogP contribution in [0.5, 0.6) is 11.5 Å². The lowest BCUT2D eigenvalue weighted by molar-refractivity contribution is 0.0748. The van der Waals surface area contributed by atoms with Crippen LogP contribution < -0.4 is 15.2 Å². The zero-order chi connectivity index (χ0) is 14.3. The van der Waals surface area contributed by atoms with Crippen molar-refractivity contribution >= 4 is 23.4 Å². The molecule has 0 atom stereocenters. The quantitative estimate of drug-likeness (QED) is 0.802. The van der Waals surface area contributed by atoms with Crippen LogP contribution in [0.3, 0.4) is 0 Å². The van der Waals surface area contributed by atoms with E-state index in [0.717, 1.165) is 18.8 Å². The zero-order valence-corrected chi connectivity index (χ0v) is 12.5. The van der Waals surface area contributed by atoms with Crippen LogP contribution in [-0.2, 0) is 0 Å². The highest BCUT2D eigenvalue weighted by Crippen LogP contribution is 2.37. The molecule has 1 aromatic rings. The maximum absolute atomic E-state index is 12.6. The van der Waals surface area contributed by atoms with Gasteiger partial charge in [0.1, 0.15) is 0 Å². The monoisotopic (exact) mass is 294 g/mol. The van der Waals surface area contributed by atoms with Gasteiger partial charge in [0.25, 0.3) is 5.91 Å². The van der Waals surface area contributed by atoms with E-state index in [9.17, 15) is 4.79 Å². The summed E-state index contributed by atoms with van der Waals surface area (Å²) < 4.78 is 10.7. The van der Waals surface area contributed by atoms with Crippen molar-refractivity contribution in [2.24, 2.45) is 0 Å². The zero-order valence-electron chi connectivity index (χ0n) is 11.6. The molecule has 0 spiro atoms. The third kappa shape index (κ3) is 2.40. The summed E-state index contributed by atoms with van der Waals surface area (Å²) in [6.45, 7) is 5.96. The molecule has 3 rings (SSSR count). The fraction of sp³-hybridized carbons (Fsp3) is 0.500. The highest BCUT2D eigenvalue weighted by molar-refractivity contribution is 8.00. The van der Waals surface area contributed by atoms with Crippen molar-refractivity contribution in [1.82, 2.24) is 4.90 Å². The van der Waals surface area contributed by atoms with E-state index in [2.05, 4.69) is 13.8 Å². The second-order valence-electron chi connectivity index (χ2n) is 5.63. The molecular weight excluding hydrogens is 276 g/mol. The van der Waals surface area contributed by atoms with Gasteiger partial charge in [0, 0.05) is 35.3 Å². The molecule has 2 N–H and O–H groups in total. The Balaban J connectivity index is 1.87. The molecule has 5 nitrogen and oxygen atoms in total. The van der Waals surface area contributed by atoms with Crippen LogP contribution in [0.4, 0.5) is 5.69 Å². The van der Waals surface area contributed by atoms with Crippen LogP contribution in [0.2, 0.25) is 0 Å². The fourth-order valence-corrected chi connectivity index (χ4v) is 3.61. The average molecular weight is 294 g/mol. The van der Waals surface area contributed by atoms with Gasteiger partial charge < -0.3 is 20.1 Å². The topological polar surface area (TPSA) is 64.8 Å². The van der Waals surface area contributed by atoms with Crippen LogP contribution in [0.15, 0.2) is 12.1 Å². The number of thioether (sulfide) groups is 1. The van der Waals surface area contributed by atoms with Crippen LogP contribution in [0, 0.1) is 0 Å². The number of carbonyl (C=O) groups excluding carboxylic acids is 1. The number of amides is 1. The summed E-state index contributed by atoms with van der Waals surface area (Å²) in [5.41, 5.74) is 6.92. The minimum atomic E-state index is -0.0332. The highest BCUT2D eigenvalue weighted by Gasteiger charge is 2.31. The molecule has 0 aromatic heterocycles. The van der Waals surface area contributed by atoms with Crippen molar-refractivity contribution in [3.63, 3.8) is 0 Å². The van der Waals surface area contributed by atoms with Crippen LogP contribution in [-0.4, -0.2) is 41.2 Å². The van der Waals surface area contributed by atoms with Gasteiger partial charge >= 0.3 is 0 Å². The number of hydrogen-bond acceptors (Lipinski definition) is 5. The van der Waals surface area contributed by atoms with Crippen molar-refractivity contribution in [2.45, 2.75) is 18.6 Å². The standard InChI is InChI=1S/C14H18N2O3S/c1-14(2)7-16(3-4-20-14)13(17)9-5-11-12(6-10(9)15)19-8-18-11/h5-6H,3-4,7-8,15H2,1-2H3. The van der Waals surface area contributed by atoms with E-state index >= 15 is 0 Å². The van der Waals surface area contributed by atoms with Crippen LogP contribution >= 0.6 is 11.8 Å². The molecule has 0 unspecified atom stereocenters. The number of nitrogens with zero attached hydrogens (tertiary/aromatic N) is 1. The number of hydrogen-bond donors (Lipinski definition) is 1. The van der Waals surface area contributed by atoms with Crippen molar-refractivity contribution in [2.75, 3.05) is 31.4 Å². The molecule has 108 valence electrons. The maximum Gasteiger partial charge on any atom is 0.256 e. The van der Waals surface area contributed by atoms with Crippen LogP contribution in [0.25, 0.3) is 0 Å². The smallest absolute Gasteiger partial charge is 0.256 e. The summed E-state index contributed by atoms with van der Waals surface area (Å²) in [4.78, 5) is 14.5. The van der Waals surface area contributed by atoms with Crippen molar-refractivity contribution < 1.29 is 14.3 Å². The summed E-state index contributed by atoms with van der Waals surface area (Å²) in [6, 6.07) is 3.36. The van der Waals surface area contributed by atoms with Crippen molar-refractivity contribution in [3.05, 3.63) is 17.7 Å². The Morgan fingerprint density at radius 3 is 2.75 bits per heavy atom. The third-order valence-electron chi connectivity index (χ3n) is 3.49. The first-order valence-corrected chi connectivity index (χ1v) is 7.57. The number of ether oxygens (including phenoxy) is 2. The lowest BCUT2D eigenvalue weighted by atomic mass is 10.1. The first-order valence-electron chi connectivity index (χ1n) is 6.59. The van der Waals surface area contributed by atoms with E-state index in [4.69, 9.17) is 15.2 Å². The van der Waals surface area contributed by atoms with Gasteiger partial charge in [-0.05, 0) is 19.9 Å². The molecule has 0 saturated carbocycles. The summed E-state index contributed by atoms with van der Waals surface area (Å²) in [7, 11) is 0. The SMILES string of the molecule is CC1(C)CN(C(=O)c2cc3c(cc2N)OCO3)CCS1. The summed E-state index contributed by atoms with van der Waals surface area (Å²) in [5.74, 6) is 2.11. The average Bonchev–Trinajstić information content (AvgIpc) is 2.82. The third-order valence-corrected chi connectivity index (χ3v) is 4.79. The second kappa shape index (κ2) is 4.77. The maximum atomic E-state index is 12.6. The number of nitrogens with two attached hydrogens (primary N) is 1. The highest BCUT2D eigenvalue weighted by atomic mass is 32.2. The van der Waals surface area contributed by atoms with Gasteiger partial charge in [0.05, 0.1) is 5.56 Å². The Bertz CT molecular complexity index is 560. The molecule has 1 saturated heterocycles. The minimum Gasteiger partial charge on any atom is -0.454 e. The van der Waals surface area contributed by atoms with E-state index in [1.54, 1.807) is 12.1 Å². The number of nitrogen functional groups attached to an aromatic ring is 1. The molecule has 2 heterocycles. The number of anilines is 1. The van der Waals surface area contributed by atoms with Crippen molar-refractivity contribution in [3.8, 4) is 11.5 Å². The van der Waals surface area contributed by atoms with Gasteiger partial charge in [-0.3, -0.25) is 4.79 Å². The summed E-state index contributed by atoms with van der Waals surface area (Å²) in [6.07, 6.45) is 0. The van der Waals surface area contributed by atoms with Crippen molar-refractivity contribution in [1.29, 1.82) is 0 Å². The number of fused-ring (bicyclic) bond motifs is 1. The molecule has 2 aliphatic rings. The van der Waals surface area contributed by atoms with E-state index in [0.29, 0.717) is 22.7 Å². The molecule has 6 heteroatoms. The van der Waals surface area contributed by atoms with Crippen LogP contribution in [0.1, 0.15) is 24.2 Å². The molecule has 1 amide bonds. The number of benzene rings is 1. The van der Waals surface area contributed by atoms with Gasteiger partial charge in [0.2, 0.25) is 6.79 Å². The van der Waals surface area contributed by atoms with Gasteiger partial charge in [0.15, 0.2) is 11.5 Å². The molecule has 2 aliphatic heterocycles. The predicted molar refractivity (Wildman–Crippen MR) is 79.4 cm³/mol. The lowest BCUT2D eigenvalue weighted by Gasteiger charge is -2.37. The Labute approximate surface area is 122 Å². The summed E-state index contributed by atoms with van der Waals surface area (Å²) >= 11 is 1.89. The summed E-state index contributed by atoms with van der Waals surface area (Å²) in [5, 5.41) is 0. The fourth-order valence-electron chi connectivity index (χ4n) is 2.50. The van der Waals surface area contributed by atoms with E-state index in [1.165, 1.54) is 0 Å². The second-order valence-corrected chi connectivity index (χ2v) is 7.43. The number of rotatable bonds is 1. The Morgan fingerprint density at radius 2 is 2.05 bits per heavy atom. The molecule has 1 aromatic carbocycles. The molecule has 20 heavy (non-hydrogen) atoms. The van der Waals surface area contributed by atoms with Gasteiger partial charge in [-0.1, -0.05) is 0 Å². The lowest BCUT2D eigenvalue weighted by Crippen LogP contribution is -2.46. The number of carbonyl (C=O) groups is 1. The Kier molecular flexibility index (Phi) is 3.20. The largest absolute Gasteiger partial charge is 0.454 e. The molecule has 0 bridgehead atoms. The minimum absolute atomic E-state index is 0.0332. The van der Waals surface area contributed by atoms with E-state index < -0.39 is 0 Å². The predicted octanol–water partition coefficient (Wildman–Crippen LogP) is 1.97. The van der Waals surface area contributed by atoms with Gasteiger partial charge in [-0.15, -0.1) is 0 Å².